The van der Waals surface area contributed by atoms with Gasteiger partial charge in [-0.15, -0.1) is 0 Å². The number of nitrogens with zero attached hydrogens (tertiary/aromatic N) is 5. The monoisotopic (exact) mass is 466 g/mol. The Hall–Kier alpha value is -4.60. The number of aromatic nitrogens is 4. The summed E-state index contributed by atoms with van der Waals surface area (Å²) in [4.78, 5) is 17.0. The van der Waals surface area contributed by atoms with Crippen molar-refractivity contribution in [2.45, 2.75) is 32.5 Å². The molecule has 5 rings (SSSR count). The molecule has 0 fully saturated rings. The van der Waals surface area contributed by atoms with Crippen LogP contribution in [0.2, 0.25) is 0 Å². The molecule has 35 heavy (non-hydrogen) atoms. The number of nitrogens with two attached hydrogens (primary N) is 1. The van der Waals surface area contributed by atoms with Gasteiger partial charge in [0.25, 0.3) is 5.91 Å². The molecule has 174 valence electrons. The Kier molecular flexibility index (Phi) is 5.28. The van der Waals surface area contributed by atoms with E-state index >= 15 is 0 Å². The van der Waals surface area contributed by atoms with E-state index in [9.17, 15) is 9.90 Å². The topological polar surface area (TPSA) is 132 Å². The second kappa shape index (κ2) is 8.32. The van der Waals surface area contributed by atoms with Gasteiger partial charge in [0.05, 0.1) is 41.5 Å². The maximum Gasteiger partial charge on any atom is 0.269 e. The molecule has 0 atom stereocenters. The number of amides is 1. The minimum Gasteiger partial charge on any atom is -0.491 e. The standard InChI is InChI=1S/C26H22N6O3/c1-26(2,34)8-7-16-4-6-22-19(11-16)25-29-23(24(28)33)21(32(25)9-10-35-22)15-31-14-18-5-3-17(13-27)12-20(18)30-31/h3-6,11-12,14,34H,9-10,15H2,1-2H3,(H2,28,33). The third kappa shape index (κ3) is 4.33. The van der Waals surface area contributed by atoms with Crippen LogP contribution in [0, 0.1) is 23.2 Å². The minimum absolute atomic E-state index is 0.165. The fourth-order valence-corrected chi connectivity index (χ4v) is 4.04. The predicted octanol–water partition coefficient (Wildman–Crippen LogP) is 2.43. The number of fused-ring (bicyclic) bond motifs is 4. The number of hydrogen-bond acceptors (Lipinski definition) is 6. The van der Waals surface area contributed by atoms with Crippen molar-refractivity contribution in [3.8, 4) is 35.0 Å². The number of aliphatic hydroxyl groups is 1. The molecule has 1 amide bonds. The van der Waals surface area contributed by atoms with Gasteiger partial charge in [-0.3, -0.25) is 9.48 Å². The Morgan fingerprint density at radius 1 is 1.26 bits per heavy atom. The third-order valence-electron chi connectivity index (χ3n) is 5.61. The number of benzene rings is 2. The molecule has 2 aromatic carbocycles. The fourth-order valence-electron chi connectivity index (χ4n) is 4.04. The maximum atomic E-state index is 12.4. The summed E-state index contributed by atoms with van der Waals surface area (Å²) in [5, 5.41) is 24.6. The molecule has 0 saturated carbocycles. The molecule has 0 bridgehead atoms. The van der Waals surface area contributed by atoms with Crippen molar-refractivity contribution in [3.63, 3.8) is 0 Å². The first-order chi connectivity index (χ1) is 16.7. The molecular weight excluding hydrogens is 444 g/mol. The van der Waals surface area contributed by atoms with Crippen LogP contribution in [0.1, 0.15) is 41.2 Å². The van der Waals surface area contributed by atoms with Crippen LogP contribution in [0.4, 0.5) is 0 Å². The van der Waals surface area contributed by atoms with Crippen LogP contribution in [0.15, 0.2) is 42.6 Å². The van der Waals surface area contributed by atoms with Crippen LogP contribution >= 0.6 is 0 Å². The number of imidazole rings is 1. The van der Waals surface area contributed by atoms with Crippen molar-refractivity contribution in [2.24, 2.45) is 5.73 Å². The summed E-state index contributed by atoms with van der Waals surface area (Å²) in [5.74, 6) is 6.32. The van der Waals surface area contributed by atoms with Gasteiger partial charge >= 0.3 is 0 Å². The lowest BCUT2D eigenvalue weighted by molar-refractivity contribution is 0.0994. The summed E-state index contributed by atoms with van der Waals surface area (Å²) in [6.07, 6.45) is 1.85. The Bertz CT molecular complexity index is 1590. The summed E-state index contributed by atoms with van der Waals surface area (Å²) >= 11 is 0. The highest BCUT2D eigenvalue weighted by atomic mass is 16.5. The number of primary amides is 1. The van der Waals surface area contributed by atoms with E-state index in [0.717, 1.165) is 5.39 Å². The number of carbonyl (C=O) groups is 1. The Morgan fingerprint density at radius 3 is 2.80 bits per heavy atom. The second-order valence-corrected chi connectivity index (χ2v) is 8.83. The van der Waals surface area contributed by atoms with Crippen molar-refractivity contribution < 1.29 is 14.6 Å². The first-order valence-electron chi connectivity index (χ1n) is 11.0. The zero-order valence-electron chi connectivity index (χ0n) is 19.2. The number of ether oxygens (including phenoxy) is 1. The van der Waals surface area contributed by atoms with Crippen molar-refractivity contribution in [2.75, 3.05) is 6.61 Å². The van der Waals surface area contributed by atoms with Gasteiger partial charge in [0, 0.05) is 17.1 Å². The second-order valence-electron chi connectivity index (χ2n) is 8.83. The highest BCUT2D eigenvalue weighted by molar-refractivity contribution is 5.93. The van der Waals surface area contributed by atoms with Gasteiger partial charge in [-0.2, -0.15) is 10.4 Å². The van der Waals surface area contributed by atoms with Gasteiger partial charge in [-0.05, 0) is 50.2 Å². The molecule has 0 aliphatic carbocycles. The molecule has 9 heteroatoms. The van der Waals surface area contributed by atoms with E-state index < -0.39 is 11.5 Å². The maximum absolute atomic E-state index is 12.4. The Morgan fingerprint density at radius 2 is 2.06 bits per heavy atom. The molecule has 0 unspecified atom stereocenters. The molecular formula is C26H22N6O3. The molecule has 0 spiro atoms. The smallest absolute Gasteiger partial charge is 0.269 e. The molecule has 1 aliphatic rings. The van der Waals surface area contributed by atoms with E-state index in [2.05, 4.69) is 28.0 Å². The van der Waals surface area contributed by atoms with E-state index in [1.165, 1.54) is 0 Å². The lowest BCUT2D eigenvalue weighted by Crippen LogP contribution is -2.18. The average molecular weight is 467 g/mol. The van der Waals surface area contributed by atoms with Gasteiger partial charge in [-0.1, -0.05) is 11.8 Å². The first kappa shape index (κ1) is 22.2. The zero-order chi connectivity index (χ0) is 24.7. The Labute approximate surface area is 201 Å². The van der Waals surface area contributed by atoms with Crippen molar-refractivity contribution in [1.29, 1.82) is 5.26 Å². The summed E-state index contributed by atoms with van der Waals surface area (Å²) < 4.78 is 9.57. The lowest BCUT2D eigenvalue weighted by atomic mass is 10.1. The summed E-state index contributed by atoms with van der Waals surface area (Å²) in [5.41, 5.74) is 7.94. The molecule has 3 heterocycles. The quantitative estimate of drug-likeness (QED) is 0.446. The molecule has 1 aliphatic heterocycles. The average Bonchev–Trinajstić information content (AvgIpc) is 3.33. The van der Waals surface area contributed by atoms with Gasteiger partial charge < -0.3 is 20.1 Å². The van der Waals surface area contributed by atoms with E-state index in [1.807, 2.05) is 35.0 Å². The lowest BCUT2D eigenvalue weighted by Gasteiger charge is -2.09. The molecule has 2 aromatic heterocycles. The van der Waals surface area contributed by atoms with Gasteiger partial charge in [-0.25, -0.2) is 4.98 Å². The van der Waals surface area contributed by atoms with Crippen LogP contribution in [-0.4, -0.2) is 42.6 Å². The molecule has 3 N–H and O–H groups in total. The van der Waals surface area contributed by atoms with Crippen molar-refractivity contribution in [3.05, 3.63) is 65.1 Å². The zero-order valence-corrected chi connectivity index (χ0v) is 19.2. The normalized spacial score (nSPS) is 12.5. The molecule has 0 radical (unpaired) electrons. The minimum atomic E-state index is -1.13. The molecule has 0 saturated heterocycles. The number of carbonyl (C=O) groups excluding carboxylic acids is 1. The predicted molar refractivity (Wildman–Crippen MR) is 128 cm³/mol. The number of nitriles is 1. The van der Waals surface area contributed by atoms with Crippen LogP contribution < -0.4 is 10.5 Å². The summed E-state index contributed by atoms with van der Waals surface area (Å²) in [6.45, 7) is 4.33. The van der Waals surface area contributed by atoms with E-state index in [-0.39, 0.29) is 12.2 Å². The van der Waals surface area contributed by atoms with Crippen molar-refractivity contribution >= 4 is 16.8 Å². The fraction of sp³-hybridized carbons (Fsp3) is 0.231. The molecule has 9 nitrogen and oxygen atoms in total. The first-order valence-corrected chi connectivity index (χ1v) is 11.0. The van der Waals surface area contributed by atoms with Gasteiger partial charge in [0.15, 0.2) is 5.69 Å². The van der Waals surface area contributed by atoms with Crippen molar-refractivity contribution in [1.82, 2.24) is 19.3 Å². The van der Waals surface area contributed by atoms with E-state index in [1.54, 1.807) is 30.7 Å². The molecule has 4 aromatic rings. The van der Waals surface area contributed by atoms with Crippen LogP contribution in [0.5, 0.6) is 5.75 Å². The summed E-state index contributed by atoms with van der Waals surface area (Å²) in [7, 11) is 0. The highest BCUT2D eigenvalue weighted by Gasteiger charge is 2.26. The third-order valence-corrected chi connectivity index (χ3v) is 5.61. The number of hydrogen-bond donors (Lipinski definition) is 2. The SMILES string of the molecule is CC(C)(O)C#Cc1ccc2c(c1)-c1nc(C(N)=O)c(Cn3cc4ccc(C#N)cc4n3)n1CCO2. The van der Waals surface area contributed by atoms with Gasteiger partial charge in [0.2, 0.25) is 0 Å². The van der Waals surface area contributed by atoms with Gasteiger partial charge in [0.1, 0.15) is 23.8 Å². The van der Waals surface area contributed by atoms with Crippen LogP contribution in [0.25, 0.3) is 22.3 Å². The van der Waals surface area contributed by atoms with Crippen LogP contribution in [0.3, 0.4) is 0 Å². The number of rotatable bonds is 3. The largest absolute Gasteiger partial charge is 0.491 e. The van der Waals surface area contributed by atoms with Crippen LogP contribution in [-0.2, 0) is 13.1 Å². The van der Waals surface area contributed by atoms with E-state index in [4.69, 9.17) is 15.7 Å². The summed E-state index contributed by atoms with van der Waals surface area (Å²) in [6, 6.07) is 12.9. The highest BCUT2D eigenvalue weighted by Crippen LogP contribution is 2.34. The van der Waals surface area contributed by atoms with E-state index in [0.29, 0.717) is 52.6 Å². The Balaban J connectivity index is 1.61.